The molecule has 0 aliphatic heterocycles. The standard InChI is InChI=1S/C15H12Br4O2/c16-12-1-10(2-13(17)5-12)7-20-9-21-8-11-3-14(18)6-15(19)4-11/h1-6H,7-9H2. The first-order chi connectivity index (χ1) is 10.0. The highest BCUT2D eigenvalue weighted by atomic mass is 79.9. The maximum Gasteiger partial charge on any atom is 0.147 e. The third kappa shape index (κ3) is 6.50. The summed E-state index contributed by atoms with van der Waals surface area (Å²) in [7, 11) is 0. The van der Waals surface area contributed by atoms with Crippen LogP contribution in [0, 0.1) is 0 Å². The molecule has 6 heteroatoms. The molecule has 112 valence electrons. The highest BCUT2D eigenvalue weighted by Crippen LogP contribution is 2.21. The van der Waals surface area contributed by atoms with Crippen LogP contribution in [0.25, 0.3) is 0 Å². The van der Waals surface area contributed by atoms with Crippen LogP contribution in [0.15, 0.2) is 54.3 Å². The van der Waals surface area contributed by atoms with Crippen LogP contribution in [0.2, 0.25) is 0 Å². The third-order valence-corrected chi connectivity index (χ3v) is 4.38. The van der Waals surface area contributed by atoms with Crippen molar-refractivity contribution in [2.75, 3.05) is 6.79 Å². The summed E-state index contributed by atoms with van der Waals surface area (Å²) in [6.45, 7) is 1.29. The Balaban J connectivity index is 1.74. The van der Waals surface area contributed by atoms with Gasteiger partial charge in [0.05, 0.1) is 13.2 Å². The van der Waals surface area contributed by atoms with Crippen LogP contribution in [-0.2, 0) is 22.7 Å². The Morgan fingerprint density at radius 2 is 0.905 bits per heavy atom. The van der Waals surface area contributed by atoms with Crippen LogP contribution in [0.4, 0.5) is 0 Å². The summed E-state index contributed by atoms with van der Waals surface area (Å²) < 4.78 is 15.1. The molecule has 0 radical (unpaired) electrons. The van der Waals surface area contributed by atoms with E-state index >= 15 is 0 Å². The summed E-state index contributed by atoms with van der Waals surface area (Å²) in [6, 6.07) is 12.1. The molecule has 2 nitrogen and oxygen atoms in total. The minimum atomic E-state index is 0.258. The van der Waals surface area contributed by atoms with Gasteiger partial charge in [0.1, 0.15) is 6.79 Å². The van der Waals surface area contributed by atoms with E-state index in [-0.39, 0.29) is 6.79 Å². The summed E-state index contributed by atoms with van der Waals surface area (Å²) in [5, 5.41) is 0. The fraction of sp³-hybridized carbons (Fsp3) is 0.200. The van der Waals surface area contributed by atoms with Crippen molar-refractivity contribution in [2.24, 2.45) is 0 Å². The number of hydrogen-bond acceptors (Lipinski definition) is 2. The Bertz CT molecular complexity index is 523. The Morgan fingerprint density at radius 3 is 1.24 bits per heavy atom. The van der Waals surface area contributed by atoms with Gasteiger partial charge in [0.15, 0.2) is 0 Å². The van der Waals surface area contributed by atoms with Crippen molar-refractivity contribution < 1.29 is 9.47 Å². The van der Waals surface area contributed by atoms with Crippen LogP contribution >= 0.6 is 63.7 Å². The van der Waals surface area contributed by atoms with Gasteiger partial charge in [-0.15, -0.1) is 0 Å². The molecule has 2 rings (SSSR count). The highest BCUT2D eigenvalue weighted by molar-refractivity contribution is 9.11. The van der Waals surface area contributed by atoms with Crippen molar-refractivity contribution in [3.05, 3.63) is 65.4 Å². The van der Waals surface area contributed by atoms with Crippen molar-refractivity contribution in [3.63, 3.8) is 0 Å². The zero-order valence-corrected chi connectivity index (χ0v) is 17.3. The van der Waals surface area contributed by atoms with Crippen molar-refractivity contribution in [1.82, 2.24) is 0 Å². The Hall–Kier alpha value is 0.280. The van der Waals surface area contributed by atoms with E-state index in [2.05, 4.69) is 63.7 Å². The van der Waals surface area contributed by atoms with Gasteiger partial charge in [-0.2, -0.15) is 0 Å². The fourth-order valence-corrected chi connectivity index (χ4v) is 4.54. The minimum Gasteiger partial charge on any atom is -0.351 e. The molecule has 0 N–H and O–H groups in total. The molecule has 0 atom stereocenters. The molecule has 0 spiro atoms. The van der Waals surface area contributed by atoms with E-state index < -0.39 is 0 Å². The lowest BCUT2D eigenvalue weighted by Gasteiger charge is -2.08. The topological polar surface area (TPSA) is 18.5 Å². The molecular weight excluding hydrogens is 532 g/mol. The summed E-state index contributed by atoms with van der Waals surface area (Å²) >= 11 is 13.8. The first kappa shape index (κ1) is 17.6. The average molecular weight is 544 g/mol. The maximum atomic E-state index is 5.52. The smallest absolute Gasteiger partial charge is 0.147 e. The van der Waals surface area contributed by atoms with Crippen molar-refractivity contribution in [1.29, 1.82) is 0 Å². The number of benzene rings is 2. The molecule has 0 saturated carbocycles. The molecule has 0 bridgehead atoms. The van der Waals surface area contributed by atoms with Crippen molar-refractivity contribution in [2.45, 2.75) is 13.2 Å². The van der Waals surface area contributed by atoms with Gasteiger partial charge in [0.25, 0.3) is 0 Å². The second kappa shape index (κ2) is 8.79. The average Bonchev–Trinajstić information content (AvgIpc) is 2.36. The second-order valence-corrected chi connectivity index (χ2v) is 8.03. The molecular formula is C15H12Br4O2. The van der Waals surface area contributed by atoms with Gasteiger partial charge < -0.3 is 9.47 Å². The Labute approximate surface area is 157 Å². The lowest BCUT2D eigenvalue weighted by molar-refractivity contribution is -0.0690. The summed E-state index contributed by atoms with van der Waals surface area (Å²) in [6.07, 6.45) is 0. The van der Waals surface area contributed by atoms with E-state index in [0.717, 1.165) is 29.0 Å². The van der Waals surface area contributed by atoms with Gasteiger partial charge in [-0.25, -0.2) is 0 Å². The number of rotatable bonds is 6. The minimum absolute atomic E-state index is 0.258. The third-order valence-electron chi connectivity index (χ3n) is 2.55. The number of halogens is 4. The summed E-state index contributed by atoms with van der Waals surface area (Å²) in [5.41, 5.74) is 2.18. The molecule has 0 fully saturated rings. The van der Waals surface area contributed by atoms with E-state index in [4.69, 9.17) is 9.47 Å². The largest absolute Gasteiger partial charge is 0.351 e. The van der Waals surface area contributed by atoms with E-state index in [9.17, 15) is 0 Å². The van der Waals surface area contributed by atoms with Gasteiger partial charge in [0.2, 0.25) is 0 Å². The van der Waals surface area contributed by atoms with E-state index in [0.29, 0.717) is 13.2 Å². The summed E-state index contributed by atoms with van der Waals surface area (Å²) in [5.74, 6) is 0. The molecule has 0 heterocycles. The van der Waals surface area contributed by atoms with Crippen LogP contribution in [0.3, 0.4) is 0 Å². The van der Waals surface area contributed by atoms with Crippen LogP contribution in [0.1, 0.15) is 11.1 Å². The predicted molar refractivity (Wildman–Crippen MR) is 98.1 cm³/mol. The fourth-order valence-electron chi connectivity index (χ4n) is 1.77. The molecule has 0 aromatic heterocycles. The van der Waals surface area contributed by atoms with Crippen LogP contribution < -0.4 is 0 Å². The molecule has 0 saturated heterocycles. The van der Waals surface area contributed by atoms with Gasteiger partial charge >= 0.3 is 0 Å². The van der Waals surface area contributed by atoms with Crippen LogP contribution in [-0.4, -0.2) is 6.79 Å². The van der Waals surface area contributed by atoms with Crippen LogP contribution in [0.5, 0.6) is 0 Å². The second-order valence-electron chi connectivity index (χ2n) is 4.37. The predicted octanol–water partition coefficient (Wildman–Crippen LogP) is 6.43. The van der Waals surface area contributed by atoms with Crippen molar-refractivity contribution in [3.8, 4) is 0 Å². The molecule has 0 aliphatic rings. The van der Waals surface area contributed by atoms with Gasteiger partial charge in [-0.3, -0.25) is 0 Å². The lowest BCUT2D eigenvalue weighted by atomic mass is 10.2. The molecule has 0 aliphatic carbocycles. The normalized spacial score (nSPS) is 10.9. The molecule has 21 heavy (non-hydrogen) atoms. The molecule has 2 aromatic carbocycles. The lowest BCUT2D eigenvalue weighted by Crippen LogP contribution is -2.01. The van der Waals surface area contributed by atoms with E-state index in [1.54, 1.807) is 0 Å². The zero-order valence-electron chi connectivity index (χ0n) is 10.9. The SMILES string of the molecule is Brc1cc(Br)cc(COCOCc2cc(Br)cc(Br)c2)c1. The Morgan fingerprint density at radius 1 is 0.571 bits per heavy atom. The van der Waals surface area contributed by atoms with E-state index in [1.807, 2.05) is 36.4 Å². The molecule has 2 aromatic rings. The summed E-state index contributed by atoms with van der Waals surface area (Å²) in [4.78, 5) is 0. The zero-order chi connectivity index (χ0) is 15.2. The number of hydrogen-bond donors (Lipinski definition) is 0. The Kier molecular flexibility index (Phi) is 7.38. The van der Waals surface area contributed by atoms with Gasteiger partial charge in [-0.1, -0.05) is 63.7 Å². The first-order valence-electron chi connectivity index (χ1n) is 6.08. The van der Waals surface area contributed by atoms with Gasteiger partial charge in [-0.05, 0) is 47.5 Å². The number of ether oxygens (including phenoxy) is 2. The van der Waals surface area contributed by atoms with Crippen molar-refractivity contribution >= 4 is 63.7 Å². The maximum absolute atomic E-state index is 5.52. The molecule has 0 amide bonds. The molecule has 0 unspecified atom stereocenters. The van der Waals surface area contributed by atoms with Gasteiger partial charge in [0, 0.05) is 17.9 Å². The quantitative estimate of drug-likeness (QED) is 0.309. The van der Waals surface area contributed by atoms with E-state index in [1.165, 1.54) is 0 Å². The monoisotopic (exact) mass is 540 g/mol. The first-order valence-corrected chi connectivity index (χ1v) is 9.25. The highest BCUT2D eigenvalue weighted by Gasteiger charge is 2.00.